The number of carbonyl (C=O) groups excluding carboxylic acids is 1. The molecule has 0 spiro atoms. The molecule has 1 aromatic rings. The third-order valence-electron chi connectivity index (χ3n) is 1.42. The Hall–Kier alpha value is -1.82. The zero-order valence-corrected chi connectivity index (χ0v) is 6.45. The Bertz CT molecular complexity index is 300. The molecule has 0 aliphatic rings. The lowest BCUT2D eigenvalue weighted by molar-refractivity contribution is 0.0995. The van der Waals surface area contributed by atoms with E-state index in [-0.39, 0.29) is 12.3 Å². The Morgan fingerprint density at radius 2 is 2.08 bits per heavy atom. The average molecular weight is 160 g/mol. The van der Waals surface area contributed by atoms with Crippen molar-refractivity contribution in [2.45, 2.75) is 0 Å². The monoisotopic (exact) mass is 160 g/mol. The van der Waals surface area contributed by atoms with Crippen LogP contribution in [0.1, 0.15) is 10.4 Å². The number of hydrogen-bond acceptors (Lipinski definition) is 3. The van der Waals surface area contributed by atoms with Gasteiger partial charge in [0.15, 0.2) is 12.0 Å². The molecule has 0 saturated heterocycles. The lowest BCUT2D eigenvalue weighted by atomic mass is 10.1. The Morgan fingerprint density at radius 3 is 2.67 bits per heavy atom. The number of ketones is 1. The second-order valence-corrected chi connectivity index (χ2v) is 2.25. The predicted molar refractivity (Wildman–Crippen MR) is 44.4 cm³/mol. The summed E-state index contributed by atoms with van der Waals surface area (Å²) in [4.78, 5) is 11.2. The van der Waals surface area contributed by atoms with E-state index in [1.165, 1.54) is 0 Å². The van der Waals surface area contributed by atoms with Gasteiger partial charge in [-0.25, -0.2) is 0 Å². The highest BCUT2D eigenvalue weighted by Gasteiger charge is 2.02. The Labute approximate surface area is 70.6 Å². The Kier molecular flexibility index (Phi) is 2.86. The summed E-state index contributed by atoms with van der Waals surface area (Å²) in [5, 5.41) is 10.5. The van der Waals surface area contributed by atoms with Gasteiger partial charge in [-0.2, -0.15) is 5.26 Å². The fourth-order valence-electron chi connectivity index (χ4n) is 0.846. The van der Waals surface area contributed by atoms with Crippen LogP contribution in [0.4, 0.5) is 0 Å². The molecule has 3 heteroatoms. The van der Waals surface area contributed by atoms with Gasteiger partial charge in [0.25, 0.3) is 0 Å². The van der Waals surface area contributed by atoms with Crippen LogP contribution in [-0.2, 0) is 0 Å². The molecule has 1 N–H and O–H groups in total. The molecule has 0 aromatic heterocycles. The highest BCUT2D eigenvalue weighted by atomic mass is 16.1. The van der Waals surface area contributed by atoms with Gasteiger partial charge < -0.3 is 5.32 Å². The first-order valence-corrected chi connectivity index (χ1v) is 3.55. The number of nitrogens with one attached hydrogen (secondary N) is 1. The van der Waals surface area contributed by atoms with Crippen molar-refractivity contribution in [2.75, 3.05) is 6.54 Å². The molecular weight excluding hydrogens is 152 g/mol. The quantitative estimate of drug-likeness (QED) is 0.406. The summed E-state index contributed by atoms with van der Waals surface area (Å²) in [6.45, 7) is 0.0700. The van der Waals surface area contributed by atoms with Crippen molar-refractivity contribution in [1.29, 1.82) is 5.26 Å². The number of carbonyl (C=O) groups is 1. The maximum absolute atomic E-state index is 11.2. The minimum Gasteiger partial charge on any atom is -0.316 e. The minimum absolute atomic E-state index is 0.0700. The maximum Gasteiger partial charge on any atom is 0.182 e. The van der Waals surface area contributed by atoms with Crippen LogP contribution >= 0.6 is 0 Å². The zero-order chi connectivity index (χ0) is 8.81. The molecule has 0 heterocycles. The van der Waals surface area contributed by atoms with E-state index in [1.54, 1.807) is 30.5 Å². The molecule has 0 bridgehead atoms. The minimum atomic E-state index is -0.0721. The van der Waals surface area contributed by atoms with E-state index in [2.05, 4.69) is 5.32 Å². The summed E-state index contributed by atoms with van der Waals surface area (Å²) in [5.74, 6) is -0.0721. The number of Topliss-reactive ketones (excluding diaryl/α,β-unsaturated/α-hetero) is 1. The summed E-state index contributed by atoms with van der Waals surface area (Å²) in [6, 6.07) is 8.87. The van der Waals surface area contributed by atoms with Crippen LogP contribution in [0.15, 0.2) is 30.3 Å². The summed E-state index contributed by atoms with van der Waals surface area (Å²) in [7, 11) is 0. The van der Waals surface area contributed by atoms with Crippen LogP contribution in [-0.4, -0.2) is 12.3 Å². The van der Waals surface area contributed by atoms with Gasteiger partial charge in [0.05, 0.1) is 6.54 Å². The lowest BCUT2D eigenvalue weighted by Gasteiger charge is -1.96. The van der Waals surface area contributed by atoms with Crippen LogP contribution in [0.2, 0.25) is 0 Å². The van der Waals surface area contributed by atoms with Gasteiger partial charge in [-0.05, 0) is 0 Å². The molecule has 0 radical (unpaired) electrons. The van der Waals surface area contributed by atoms with Crippen LogP contribution in [0, 0.1) is 11.5 Å². The SMILES string of the molecule is N#CNCC(=O)c1ccccc1. The molecule has 3 nitrogen and oxygen atoms in total. The topological polar surface area (TPSA) is 52.9 Å². The van der Waals surface area contributed by atoms with Crippen molar-refractivity contribution in [3.8, 4) is 6.19 Å². The highest BCUT2D eigenvalue weighted by molar-refractivity contribution is 5.97. The zero-order valence-electron chi connectivity index (χ0n) is 6.45. The van der Waals surface area contributed by atoms with Gasteiger partial charge in [-0.15, -0.1) is 0 Å². The third-order valence-corrected chi connectivity index (χ3v) is 1.42. The molecule has 1 aromatic carbocycles. The third kappa shape index (κ3) is 2.10. The van der Waals surface area contributed by atoms with E-state index in [0.29, 0.717) is 5.56 Å². The number of hydrogen-bond donors (Lipinski definition) is 1. The maximum atomic E-state index is 11.2. The largest absolute Gasteiger partial charge is 0.316 e. The van der Waals surface area contributed by atoms with E-state index < -0.39 is 0 Å². The molecule has 12 heavy (non-hydrogen) atoms. The van der Waals surface area contributed by atoms with Gasteiger partial charge in [0.2, 0.25) is 0 Å². The molecule has 0 aliphatic carbocycles. The number of benzene rings is 1. The van der Waals surface area contributed by atoms with E-state index in [4.69, 9.17) is 5.26 Å². The molecule has 0 saturated carbocycles. The van der Waals surface area contributed by atoms with Crippen molar-refractivity contribution in [1.82, 2.24) is 5.32 Å². The molecule has 0 atom stereocenters. The lowest BCUT2D eigenvalue weighted by Crippen LogP contribution is -2.17. The summed E-state index contributed by atoms with van der Waals surface area (Å²) >= 11 is 0. The van der Waals surface area contributed by atoms with Crippen LogP contribution in [0.3, 0.4) is 0 Å². The standard InChI is InChI=1S/C9H8N2O/c10-7-11-6-9(12)8-4-2-1-3-5-8/h1-5,11H,6H2. The van der Waals surface area contributed by atoms with Crippen molar-refractivity contribution < 1.29 is 4.79 Å². The van der Waals surface area contributed by atoms with Crippen LogP contribution < -0.4 is 5.32 Å². The van der Waals surface area contributed by atoms with E-state index in [0.717, 1.165) is 0 Å². The fourth-order valence-corrected chi connectivity index (χ4v) is 0.846. The first kappa shape index (κ1) is 8.28. The molecule has 0 aliphatic heterocycles. The van der Waals surface area contributed by atoms with Gasteiger partial charge >= 0.3 is 0 Å². The Balaban J connectivity index is 2.61. The summed E-state index contributed by atoms with van der Waals surface area (Å²) in [5.41, 5.74) is 0.625. The first-order valence-electron chi connectivity index (χ1n) is 3.55. The van der Waals surface area contributed by atoms with Gasteiger partial charge in [0, 0.05) is 5.56 Å². The van der Waals surface area contributed by atoms with Crippen molar-refractivity contribution in [2.24, 2.45) is 0 Å². The molecule has 1 rings (SSSR count). The second-order valence-electron chi connectivity index (χ2n) is 2.25. The van der Waals surface area contributed by atoms with Gasteiger partial charge in [-0.3, -0.25) is 4.79 Å². The fraction of sp³-hybridized carbons (Fsp3) is 0.111. The molecule has 0 fully saturated rings. The second kappa shape index (κ2) is 4.14. The van der Waals surface area contributed by atoms with Gasteiger partial charge in [0.1, 0.15) is 0 Å². The highest BCUT2D eigenvalue weighted by Crippen LogP contribution is 1.98. The van der Waals surface area contributed by atoms with Crippen molar-refractivity contribution >= 4 is 5.78 Å². The van der Waals surface area contributed by atoms with E-state index >= 15 is 0 Å². The van der Waals surface area contributed by atoms with E-state index in [9.17, 15) is 4.79 Å². The van der Waals surface area contributed by atoms with Crippen molar-refractivity contribution in [3.63, 3.8) is 0 Å². The van der Waals surface area contributed by atoms with Gasteiger partial charge in [-0.1, -0.05) is 30.3 Å². The summed E-state index contributed by atoms with van der Waals surface area (Å²) < 4.78 is 0. The first-order chi connectivity index (χ1) is 5.84. The predicted octanol–water partition coefficient (Wildman–Crippen LogP) is 0.940. The molecule has 0 unspecified atom stereocenters. The normalized spacial score (nSPS) is 8.58. The molecule has 60 valence electrons. The van der Waals surface area contributed by atoms with Crippen molar-refractivity contribution in [3.05, 3.63) is 35.9 Å². The Morgan fingerprint density at radius 1 is 1.42 bits per heavy atom. The number of nitriles is 1. The number of rotatable bonds is 3. The summed E-state index contributed by atoms with van der Waals surface area (Å²) in [6.07, 6.45) is 1.70. The van der Waals surface area contributed by atoms with E-state index in [1.807, 2.05) is 6.07 Å². The van der Waals surface area contributed by atoms with Crippen LogP contribution in [0.25, 0.3) is 0 Å². The van der Waals surface area contributed by atoms with Crippen LogP contribution in [0.5, 0.6) is 0 Å². The average Bonchev–Trinajstić information content (AvgIpc) is 2.15. The molecular formula is C9H8N2O. The smallest absolute Gasteiger partial charge is 0.182 e. The number of nitrogens with zero attached hydrogens (tertiary/aromatic N) is 1. The molecule has 0 amide bonds.